The molecule has 0 amide bonds. The summed E-state index contributed by atoms with van der Waals surface area (Å²) in [7, 11) is -3.40. The van der Waals surface area contributed by atoms with Crippen molar-refractivity contribution in [1.29, 1.82) is 0 Å². The van der Waals surface area contributed by atoms with Crippen molar-refractivity contribution in [2.24, 2.45) is 0 Å². The van der Waals surface area contributed by atoms with E-state index in [0.29, 0.717) is 24.6 Å². The zero-order valence-electron chi connectivity index (χ0n) is 13.4. The lowest BCUT2D eigenvalue weighted by molar-refractivity contribution is -0.0297. The van der Waals surface area contributed by atoms with E-state index in [4.69, 9.17) is 4.74 Å². The maximum absolute atomic E-state index is 12.6. The van der Waals surface area contributed by atoms with Crippen molar-refractivity contribution < 1.29 is 13.2 Å². The molecule has 0 aromatic heterocycles. The molecule has 4 nitrogen and oxygen atoms in total. The van der Waals surface area contributed by atoms with E-state index in [2.05, 4.69) is 13.0 Å². The molecule has 1 aliphatic rings. The van der Waals surface area contributed by atoms with Crippen LogP contribution < -0.4 is 0 Å². The van der Waals surface area contributed by atoms with Crippen molar-refractivity contribution in [3.63, 3.8) is 0 Å². The molecule has 5 heteroatoms. The highest BCUT2D eigenvalue weighted by Gasteiger charge is 2.37. The van der Waals surface area contributed by atoms with Gasteiger partial charge in [-0.05, 0) is 36.6 Å². The van der Waals surface area contributed by atoms with E-state index in [1.807, 2.05) is 37.3 Å². The van der Waals surface area contributed by atoms with Gasteiger partial charge < -0.3 is 4.74 Å². The van der Waals surface area contributed by atoms with Crippen molar-refractivity contribution in [2.75, 3.05) is 13.1 Å². The first kappa shape index (κ1) is 16.2. The molecule has 0 aliphatic carbocycles. The molecule has 122 valence electrons. The third kappa shape index (κ3) is 3.32. The average Bonchev–Trinajstić information content (AvgIpc) is 2.47. The SMILES string of the molecule is Cc1ccccc1COC1CN(S(=O)(=O)c2ccccc2C)C1. The van der Waals surface area contributed by atoms with Crippen LogP contribution in [-0.4, -0.2) is 31.9 Å². The molecule has 0 unspecified atom stereocenters. The van der Waals surface area contributed by atoms with Crippen LogP contribution in [0.15, 0.2) is 53.4 Å². The Hall–Kier alpha value is -1.69. The zero-order chi connectivity index (χ0) is 16.4. The fourth-order valence-electron chi connectivity index (χ4n) is 2.67. The normalized spacial score (nSPS) is 16.3. The predicted molar refractivity (Wildman–Crippen MR) is 89.7 cm³/mol. The highest BCUT2D eigenvalue weighted by Crippen LogP contribution is 2.25. The number of hydrogen-bond donors (Lipinski definition) is 0. The minimum atomic E-state index is -3.40. The van der Waals surface area contributed by atoms with E-state index in [-0.39, 0.29) is 6.10 Å². The van der Waals surface area contributed by atoms with Crippen LogP contribution in [0.2, 0.25) is 0 Å². The van der Waals surface area contributed by atoms with Crippen molar-refractivity contribution in [1.82, 2.24) is 4.31 Å². The summed E-state index contributed by atoms with van der Waals surface area (Å²) in [5, 5.41) is 0. The van der Waals surface area contributed by atoms with Crippen molar-refractivity contribution in [3.8, 4) is 0 Å². The summed E-state index contributed by atoms with van der Waals surface area (Å²) in [6, 6.07) is 15.2. The van der Waals surface area contributed by atoms with Gasteiger partial charge in [0.15, 0.2) is 0 Å². The topological polar surface area (TPSA) is 46.6 Å². The Morgan fingerprint density at radius 2 is 1.61 bits per heavy atom. The van der Waals surface area contributed by atoms with E-state index in [1.54, 1.807) is 12.1 Å². The molecule has 0 bridgehead atoms. The molecule has 0 saturated carbocycles. The first-order chi connectivity index (χ1) is 11.0. The Morgan fingerprint density at radius 3 is 2.26 bits per heavy atom. The molecule has 1 heterocycles. The third-order valence-corrected chi connectivity index (χ3v) is 6.25. The second kappa shape index (κ2) is 6.43. The molecular formula is C18H21NO3S. The van der Waals surface area contributed by atoms with Crippen LogP contribution in [0.25, 0.3) is 0 Å². The van der Waals surface area contributed by atoms with Crippen LogP contribution in [0.3, 0.4) is 0 Å². The number of ether oxygens (including phenoxy) is 1. The maximum atomic E-state index is 12.6. The molecule has 2 aromatic rings. The van der Waals surface area contributed by atoms with Crippen LogP contribution >= 0.6 is 0 Å². The van der Waals surface area contributed by atoms with Crippen LogP contribution in [0, 0.1) is 13.8 Å². The first-order valence-corrected chi connectivity index (χ1v) is 9.14. The van der Waals surface area contributed by atoms with E-state index >= 15 is 0 Å². The number of aryl methyl sites for hydroxylation is 2. The van der Waals surface area contributed by atoms with Gasteiger partial charge in [0.2, 0.25) is 10.0 Å². The van der Waals surface area contributed by atoms with Gasteiger partial charge in [0.05, 0.1) is 17.6 Å². The Morgan fingerprint density at radius 1 is 1.00 bits per heavy atom. The quantitative estimate of drug-likeness (QED) is 0.846. The van der Waals surface area contributed by atoms with Crippen LogP contribution in [0.5, 0.6) is 0 Å². The standard InChI is InChI=1S/C18H21NO3S/c1-14-7-3-5-9-16(14)13-22-17-11-19(12-17)23(20,21)18-10-6-4-8-15(18)2/h3-10,17H,11-13H2,1-2H3. The second-order valence-electron chi connectivity index (χ2n) is 5.95. The van der Waals surface area contributed by atoms with Gasteiger partial charge in [0, 0.05) is 13.1 Å². The zero-order valence-corrected chi connectivity index (χ0v) is 14.2. The summed E-state index contributed by atoms with van der Waals surface area (Å²) in [5.41, 5.74) is 3.11. The summed E-state index contributed by atoms with van der Waals surface area (Å²) in [4.78, 5) is 0.386. The minimum Gasteiger partial charge on any atom is -0.371 e. The van der Waals surface area contributed by atoms with Gasteiger partial charge in [-0.3, -0.25) is 0 Å². The Balaban J connectivity index is 1.59. The van der Waals surface area contributed by atoms with E-state index in [0.717, 1.165) is 11.1 Å². The monoisotopic (exact) mass is 331 g/mol. The van der Waals surface area contributed by atoms with Crippen LogP contribution in [0.1, 0.15) is 16.7 Å². The Labute approximate surface area is 137 Å². The minimum absolute atomic E-state index is 0.0339. The summed E-state index contributed by atoms with van der Waals surface area (Å²) >= 11 is 0. The van der Waals surface area contributed by atoms with Gasteiger partial charge in [-0.25, -0.2) is 8.42 Å². The summed E-state index contributed by atoms with van der Waals surface area (Å²) in [6.07, 6.45) is -0.0339. The molecule has 23 heavy (non-hydrogen) atoms. The molecule has 1 saturated heterocycles. The van der Waals surface area contributed by atoms with Crippen molar-refractivity contribution in [3.05, 3.63) is 65.2 Å². The van der Waals surface area contributed by atoms with Gasteiger partial charge in [-0.2, -0.15) is 4.31 Å². The molecule has 1 aliphatic heterocycles. The van der Waals surface area contributed by atoms with Gasteiger partial charge in [0.1, 0.15) is 0 Å². The number of hydrogen-bond acceptors (Lipinski definition) is 3. The largest absolute Gasteiger partial charge is 0.371 e. The van der Waals surface area contributed by atoms with E-state index in [1.165, 1.54) is 9.87 Å². The molecule has 0 N–H and O–H groups in total. The number of sulfonamides is 1. The van der Waals surface area contributed by atoms with Crippen LogP contribution in [-0.2, 0) is 21.4 Å². The average molecular weight is 331 g/mol. The highest BCUT2D eigenvalue weighted by atomic mass is 32.2. The third-order valence-electron chi connectivity index (χ3n) is 4.26. The molecule has 1 fully saturated rings. The highest BCUT2D eigenvalue weighted by molar-refractivity contribution is 7.89. The Bertz CT molecular complexity index is 795. The molecule has 0 spiro atoms. The molecule has 3 rings (SSSR count). The summed E-state index contributed by atoms with van der Waals surface area (Å²) in [6.45, 7) is 5.23. The first-order valence-electron chi connectivity index (χ1n) is 7.70. The number of nitrogens with zero attached hydrogens (tertiary/aromatic N) is 1. The lowest BCUT2D eigenvalue weighted by atomic mass is 10.1. The van der Waals surface area contributed by atoms with E-state index in [9.17, 15) is 8.42 Å². The van der Waals surface area contributed by atoms with Gasteiger partial charge in [0.25, 0.3) is 0 Å². The van der Waals surface area contributed by atoms with Crippen molar-refractivity contribution >= 4 is 10.0 Å². The van der Waals surface area contributed by atoms with Gasteiger partial charge >= 0.3 is 0 Å². The molecule has 2 aromatic carbocycles. The molecule has 0 atom stereocenters. The van der Waals surface area contributed by atoms with E-state index < -0.39 is 10.0 Å². The number of rotatable bonds is 5. The van der Waals surface area contributed by atoms with Crippen LogP contribution in [0.4, 0.5) is 0 Å². The molecule has 0 radical (unpaired) electrons. The van der Waals surface area contributed by atoms with Gasteiger partial charge in [-0.1, -0.05) is 42.5 Å². The number of benzene rings is 2. The van der Waals surface area contributed by atoms with Gasteiger partial charge in [-0.15, -0.1) is 0 Å². The fraction of sp³-hybridized carbons (Fsp3) is 0.333. The second-order valence-corrected chi connectivity index (χ2v) is 7.85. The predicted octanol–water partition coefficient (Wildman–Crippen LogP) is 2.89. The van der Waals surface area contributed by atoms with Crippen molar-refractivity contribution in [2.45, 2.75) is 31.5 Å². The maximum Gasteiger partial charge on any atom is 0.243 e. The molecular weight excluding hydrogens is 310 g/mol. The fourth-order valence-corrected chi connectivity index (χ4v) is 4.40. The lowest BCUT2D eigenvalue weighted by Gasteiger charge is -2.38. The lowest BCUT2D eigenvalue weighted by Crippen LogP contribution is -2.54. The summed E-state index contributed by atoms with van der Waals surface area (Å²) < 4.78 is 32.5. The smallest absolute Gasteiger partial charge is 0.243 e. The summed E-state index contributed by atoms with van der Waals surface area (Å²) in [5.74, 6) is 0. The Kier molecular flexibility index (Phi) is 4.53.